The van der Waals surface area contributed by atoms with Crippen LogP contribution in [0, 0.1) is 11.3 Å². The van der Waals surface area contributed by atoms with Crippen molar-refractivity contribution in [3.05, 3.63) is 29.1 Å². The molecule has 0 saturated carbocycles. The summed E-state index contributed by atoms with van der Waals surface area (Å²) in [5.41, 5.74) is -2.42. The van der Waals surface area contributed by atoms with E-state index in [-0.39, 0.29) is 5.69 Å². The number of carbonyl (C=O) groups is 1. The molecule has 1 aromatic rings. The first-order chi connectivity index (χ1) is 7.40. The molecule has 0 N–H and O–H groups in total. The summed E-state index contributed by atoms with van der Waals surface area (Å²) >= 11 is 0. The molecule has 0 aliphatic heterocycles. The molecule has 7 heteroatoms. The summed E-state index contributed by atoms with van der Waals surface area (Å²) in [6.45, 7) is 0. The second kappa shape index (κ2) is 4.18. The van der Waals surface area contributed by atoms with E-state index in [9.17, 15) is 18.0 Å². The molecule has 0 radical (unpaired) electrons. The third-order valence-electron chi connectivity index (χ3n) is 1.69. The van der Waals surface area contributed by atoms with Crippen molar-refractivity contribution in [2.45, 2.75) is 6.18 Å². The Kier molecular flexibility index (Phi) is 3.13. The molecule has 0 fully saturated rings. The zero-order valence-electron chi connectivity index (χ0n) is 8.00. The van der Waals surface area contributed by atoms with Gasteiger partial charge in [0.15, 0.2) is 5.69 Å². The van der Waals surface area contributed by atoms with Gasteiger partial charge in [0, 0.05) is 0 Å². The molecule has 0 unspecified atom stereocenters. The highest BCUT2D eigenvalue weighted by atomic mass is 19.4. The molecule has 0 spiro atoms. The van der Waals surface area contributed by atoms with Crippen molar-refractivity contribution >= 4 is 5.97 Å². The van der Waals surface area contributed by atoms with E-state index in [0.29, 0.717) is 6.07 Å². The third kappa shape index (κ3) is 2.28. The van der Waals surface area contributed by atoms with Crippen LogP contribution in [0.4, 0.5) is 13.2 Å². The zero-order chi connectivity index (χ0) is 12.3. The molecule has 0 bridgehead atoms. The molecule has 84 valence electrons. The lowest BCUT2D eigenvalue weighted by Gasteiger charge is -2.10. The van der Waals surface area contributed by atoms with Gasteiger partial charge in [-0.1, -0.05) is 0 Å². The number of methoxy groups -OCH3 is 1. The monoisotopic (exact) mass is 230 g/mol. The van der Waals surface area contributed by atoms with Crippen LogP contribution in [0.5, 0.6) is 0 Å². The number of alkyl halides is 3. The smallest absolute Gasteiger partial charge is 0.418 e. The van der Waals surface area contributed by atoms with Gasteiger partial charge in [-0.15, -0.1) is 0 Å². The molecule has 0 aliphatic rings. The van der Waals surface area contributed by atoms with Crippen molar-refractivity contribution < 1.29 is 22.7 Å². The fraction of sp³-hybridized carbons (Fsp3) is 0.222. The van der Waals surface area contributed by atoms with Crippen molar-refractivity contribution in [2.24, 2.45) is 0 Å². The summed E-state index contributed by atoms with van der Waals surface area (Å²) in [7, 11) is 0.934. The van der Waals surface area contributed by atoms with E-state index in [0.717, 1.165) is 13.2 Å². The minimum absolute atomic E-state index is 0.284. The minimum atomic E-state index is -4.72. The van der Waals surface area contributed by atoms with E-state index >= 15 is 0 Å². The topological polar surface area (TPSA) is 63.0 Å². The SMILES string of the molecule is COC(=O)c1nc(C#N)ccc1C(F)(F)F. The Morgan fingerprint density at radius 1 is 1.50 bits per heavy atom. The van der Waals surface area contributed by atoms with E-state index in [4.69, 9.17) is 5.26 Å². The first-order valence-electron chi connectivity index (χ1n) is 3.96. The Hall–Kier alpha value is -2.10. The van der Waals surface area contributed by atoms with Crippen LogP contribution in [0.25, 0.3) is 0 Å². The second-order valence-electron chi connectivity index (χ2n) is 2.69. The van der Waals surface area contributed by atoms with Crippen molar-refractivity contribution in [2.75, 3.05) is 7.11 Å². The van der Waals surface area contributed by atoms with Gasteiger partial charge in [-0.25, -0.2) is 9.78 Å². The molecule has 1 aromatic heterocycles. The summed E-state index contributed by atoms with van der Waals surface area (Å²) in [5, 5.41) is 8.46. The van der Waals surface area contributed by atoms with Crippen LogP contribution in [0.2, 0.25) is 0 Å². The number of halogens is 3. The molecule has 0 atom stereocenters. The molecule has 1 rings (SSSR count). The first-order valence-corrected chi connectivity index (χ1v) is 3.96. The number of carbonyl (C=O) groups excluding carboxylic acids is 1. The van der Waals surface area contributed by atoms with Gasteiger partial charge in [0.2, 0.25) is 0 Å². The molecular weight excluding hydrogens is 225 g/mol. The largest absolute Gasteiger partial charge is 0.464 e. The summed E-state index contributed by atoms with van der Waals surface area (Å²) in [5.74, 6) is -1.23. The molecule has 0 aliphatic carbocycles. The number of rotatable bonds is 1. The number of aromatic nitrogens is 1. The maximum Gasteiger partial charge on any atom is 0.418 e. The molecular formula is C9H5F3N2O2. The third-order valence-corrected chi connectivity index (χ3v) is 1.69. The normalized spacial score (nSPS) is 10.7. The van der Waals surface area contributed by atoms with Gasteiger partial charge in [-0.2, -0.15) is 18.4 Å². The van der Waals surface area contributed by atoms with Crippen LogP contribution in [-0.4, -0.2) is 18.1 Å². The van der Waals surface area contributed by atoms with E-state index in [1.807, 2.05) is 0 Å². The summed E-state index contributed by atoms with van der Waals surface area (Å²) in [4.78, 5) is 14.3. The standard InChI is InChI=1S/C9H5F3N2O2/c1-16-8(15)7-6(9(10,11)12)3-2-5(4-13)14-7/h2-3H,1H3. The van der Waals surface area contributed by atoms with Gasteiger partial charge in [0.05, 0.1) is 12.7 Å². The van der Waals surface area contributed by atoms with Gasteiger partial charge < -0.3 is 4.74 Å². The van der Waals surface area contributed by atoms with Crippen LogP contribution in [0.3, 0.4) is 0 Å². The van der Waals surface area contributed by atoms with Crippen molar-refractivity contribution in [1.82, 2.24) is 4.98 Å². The second-order valence-corrected chi connectivity index (χ2v) is 2.69. The zero-order valence-corrected chi connectivity index (χ0v) is 8.00. The van der Waals surface area contributed by atoms with Gasteiger partial charge in [-0.3, -0.25) is 0 Å². The maximum absolute atomic E-state index is 12.5. The molecule has 0 saturated heterocycles. The van der Waals surface area contributed by atoms with E-state index in [1.54, 1.807) is 0 Å². The first kappa shape index (κ1) is 12.0. The van der Waals surface area contributed by atoms with Gasteiger partial charge in [0.1, 0.15) is 11.8 Å². The lowest BCUT2D eigenvalue weighted by molar-refractivity contribution is -0.138. The Morgan fingerprint density at radius 2 is 2.12 bits per heavy atom. The highest BCUT2D eigenvalue weighted by molar-refractivity contribution is 5.89. The molecule has 16 heavy (non-hydrogen) atoms. The fourth-order valence-electron chi connectivity index (χ4n) is 1.00. The van der Waals surface area contributed by atoms with Crippen LogP contribution in [-0.2, 0) is 10.9 Å². The molecule has 4 nitrogen and oxygen atoms in total. The van der Waals surface area contributed by atoms with Gasteiger partial charge in [-0.05, 0) is 12.1 Å². The Bertz CT molecular complexity index is 463. The number of hydrogen-bond donors (Lipinski definition) is 0. The summed E-state index contributed by atoms with van der Waals surface area (Å²) in [6.07, 6.45) is -4.72. The predicted octanol–water partition coefficient (Wildman–Crippen LogP) is 1.76. The van der Waals surface area contributed by atoms with Gasteiger partial charge in [0.25, 0.3) is 0 Å². The molecule has 0 aromatic carbocycles. The van der Waals surface area contributed by atoms with Crippen molar-refractivity contribution in [3.63, 3.8) is 0 Å². The number of pyridine rings is 1. The van der Waals surface area contributed by atoms with Crippen LogP contribution in [0.15, 0.2) is 12.1 Å². The summed E-state index contributed by atoms with van der Waals surface area (Å²) < 4.78 is 41.5. The van der Waals surface area contributed by atoms with Crippen molar-refractivity contribution in [1.29, 1.82) is 5.26 Å². The van der Waals surface area contributed by atoms with Crippen LogP contribution < -0.4 is 0 Å². The van der Waals surface area contributed by atoms with Crippen LogP contribution in [0.1, 0.15) is 21.7 Å². The minimum Gasteiger partial charge on any atom is -0.464 e. The number of nitriles is 1. The quantitative estimate of drug-likeness (QED) is 0.689. The lowest BCUT2D eigenvalue weighted by Crippen LogP contribution is -2.16. The van der Waals surface area contributed by atoms with Crippen LogP contribution >= 0.6 is 0 Å². The molecule has 0 amide bonds. The average molecular weight is 230 g/mol. The van der Waals surface area contributed by atoms with Gasteiger partial charge >= 0.3 is 12.1 Å². The molecule has 1 heterocycles. The number of esters is 1. The predicted molar refractivity (Wildman–Crippen MR) is 45.3 cm³/mol. The Morgan fingerprint density at radius 3 is 2.56 bits per heavy atom. The Balaban J connectivity index is 3.40. The van der Waals surface area contributed by atoms with Crippen molar-refractivity contribution in [3.8, 4) is 6.07 Å². The number of nitrogens with zero attached hydrogens (tertiary/aromatic N) is 2. The summed E-state index contributed by atoms with van der Waals surface area (Å²) in [6, 6.07) is 3.05. The number of ether oxygens (including phenoxy) is 1. The van der Waals surface area contributed by atoms with E-state index < -0.39 is 23.4 Å². The average Bonchev–Trinajstić information content (AvgIpc) is 2.25. The highest BCUT2D eigenvalue weighted by Gasteiger charge is 2.36. The Labute approximate surface area is 88.3 Å². The van der Waals surface area contributed by atoms with E-state index in [1.165, 1.54) is 6.07 Å². The fourth-order valence-corrected chi connectivity index (χ4v) is 1.00. The van der Waals surface area contributed by atoms with E-state index in [2.05, 4.69) is 9.72 Å². The maximum atomic E-state index is 12.5. The highest BCUT2D eigenvalue weighted by Crippen LogP contribution is 2.31. The number of hydrogen-bond acceptors (Lipinski definition) is 4. The lowest BCUT2D eigenvalue weighted by atomic mass is 10.1.